The van der Waals surface area contributed by atoms with Crippen molar-refractivity contribution >= 4 is 9.84 Å². The van der Waals surface area contributed by atoms with Crippen molar-refractivity contribution in [1.82, 2.24) is 5.32 Å². The molecule has 1 aromatic carbocycles. The number of hydrogen-bond acceptors (Lipinski definition) is 5. The van der Waals surface area contributed by atoms with Crippen LogP contribution in [0.3, 0.4) is 0 Å². The fourth-order valence-electron chi connectivity index (χ4n) is 1.61. The third-order valence-electron chi connectivity index (χ3n) is 2.64. The van der Waals surface area contributed by atoms with Gasteiger partial charge in [-0.05, 0) is 12.1 Å². The van der Waals surface area contributed by atoms with Gasteiger partial charge in [-0.15, -0.1) is 0 Å². The number of methoxy groups -OCH3 is 2. The van der Waals surface area contributed by atoms with Crippen LogP contribution in [0.1, 0.15) is 13.8 Å². The van der Waals surface area contributed by atoms with Crippen molar-refractivity contribution in [3.8, 4) is 11.5 Å². The molecular weight excluding hydrogens is 266 g/mol. The van der Waals surface area contributed by atoms with Crippen LogP contribution in [0.2, 0.25) is 0 Å². The van der Waals surface area contributed by atoms with Crippen molar-refractivity contribution in [2.24, 2.45) is 0 Å². The Morgan fingerprint density at radius 1 is 1.16 bits per heavy atom. The van der Waals surface area contributed by atoms with Crippen molar-refractivity contribution in [3.63, 3.8) is 0 Å². The van der Waals surface area contributed by atoms with Gasteiger partial charge in [0.2, 0.25) is 0 Å². The number of sulfone groups is 1. The Labute approximate surface area is 114 Å². The van der Waals surface area contributed by atoms with Gasteiger partial charge in [0.05, 0.1) is 24.9 Å². The molecule has 0 saturated carbocycles. The van der Waals surface area contributed by atoms with E-state index >= 15 is 0 Å². The molecule has 19 heavy (non-hydrogen) atoms. The molecule has 1 rings (SSSR count). The summed E-state index contributed by atoms with van der Waals surface area (Å²) in [6.45, 7) is 4.38. The fraction of sp³-hybridized carbons (Fsp3) is 0.538. The van der Waals surface area contributed by atoms with E-state index in [9.17, 15) is 8.42 Å². The van der Waals surface area contributed by atoms with Crippen molar-refractivity contribution < 1.29 is 17.9 Å². The Kier molecular flexibility index (Phi) is 5.62. The van der Waals surface area contributed by atoms with Crippen LogP contribution in [0.5, 0.6) is 11.5 Å². The molecule has 0 aliphatic rings. The lowest BCUT2D eigenvalue weighted by molar-refractivity contribution is 0.354. The predicted molar refractivity (Wildman–Crippen MR) is 74.7 cm³/mol. The van der Waals surface area contributed by atoms with Crippen LogP contribution in [-0.2, 0) is 9.84 Å². The van der Waals surface area contributed by atoms with Crippen LogP contribution in [0.4, 0.5) is 0 Å². The molecule has 1 aromatic rings. The Bertz CT molecular complexity index is 511. The van der Waals surface area contributed by atoms with E-state index in [1.165, 1.54) is 26.4 Å². The van der Waals surface area contributed by atoms with Gasteiger partial charge in [0, 0.05) is 18.7 Å². The summed E-state index contributed by atoms with van der Waals surface area (Å²) in [5.41, 5.74) is 0. The minimum atomic E-state index is -3.31. The first kappa shape index (κ1) is 15.8. The molecule has 0 unspecified atom stereocenters. The second-order valence-corrected chi connectivity index (χ2v) is 6.55. The number of ether oxygens (including phenoxy) is 2. The first-order valence-electron chi connectivity index (χ1n) is 6.09. The fourth-order valence-corrected chi connectivity index (χ4v) is 2.79. The zero-order valence-electron chi connectivity index (χ0n) is 11.8. The van der Waals surface area contributed by atoms with Gasteiger partial charge in [-0.1, -0.05) is 13.8 Å². The Hall–Kier alpha value is -1.27. The number of rotatable bonds is 7. The molecule has 0 aliphatic heterocycles. The van der Waals surface area contributed by atoms with Crippen molar-refractivity contribution in [3.05, 3.63) is 18.2 Å². The van der Waals surface area contributed by atoms with E-state index in [-0.39, 0.29) is 16.7 Å². The van der Waals surface area contributed by atoms with Gasteiger partial charge in [0.25, 0.3) is 0 Å². The standard InChI is InChI=1S/C13H21NO4S/c1-10(2)14-7-8-19(15,16)11-5-6-12(17-3)13(9-11)18-4/h5-6,9-10,14H,7-8H2,1-4H3. The lowest BCUT2D eigenvalue weighted by Crippen LogP contribution is -2.28. The van der Waals surface area contributed by atoms with E-state index in [2.05, 4.69) is 5.32 Å². The van der Waals surface area contributed by atoms with E-state index in [0.717, 1.165) is 0 Å². The van der Waals surface area contributed by atoms with Gasteiger partial charge in [0.15, 0.2) is 21.3 Å². The molecule has 5 nitrogen and oxygen atoms in total. The average molecular weight is 287 g/mol. The third-order valence-corrected chi connectivity index (χ3v) is 4.35. The highest BCUT2D eigenvalue weighted by Gasteiger charge is 2.17. The highest BCUT2D eigenvalue weighted by atomic mass is 32.2. The summed E-state index contributed by atoms with van der Waals surface area (Å²) in [4.78, 5) is 0.246. The molecule has 108 valence electrons. The molecule has 0 saturated heterocycles. The zero-order chi connectivity index (χ0) is 14.5. The van der Waals surface area contributed by atoms with Gasteiger partial charge in [-0.2, -0.15) is 0 Å². The highest BCUT2D eigenvalue weighted by molar-refractivity contribution is 7.91. The second-order valence-electron chi connectivity index (χ2n) is 4.44. The molecule has 0 atom stereocenters. The minimum absolute atomic E-state index is 0.0562. The topological polar surface area (TPSA) is 64.6 Å². The largest absolute Gasteiger partial charge is 0.493 e. The molecule has 0 spiro atoms. The number of benzene rings is 1. The monoisotopic (exact) mass is 287 g/mol. The van der Waals surface area contributed by atoms with E-state index in [1.54, 1.807) is 6.07 Å². The Morgan fingerprint density at radius 3 is 2.32 bits per heavy atom. The normalized spacial score (nSPS) is 11.6. The lowest BCUT2D eigenvalue weighted by Gasteiger charge is -2.11. The van der Waals surface area contributed by atoms with Crippen LogP contribution < -0.4 is 14.8 Å². The summed E-state index contributed by atoms with van der Waals surface area (Å²) in [5.74, 6) is 0.989. The summed E-state index contributed by atoms with van der Waals surface area (Å²) in [7, 11) is -0.318. The van der Waals surface area contributed by atoms with E-state index in [0.29, 0.717) is 18.0 Å². The molecular formula is C13H21NO4S. The average Bonchev–Trinajstić information content (AvgIpc) is 2.37. The van der Waals surface area contributed by atoms with E-state index in [1.807, 2.05) is 13.8 Å². The lowest BCUT2D eigenvalue weighted by atomic mass is 10.3. The van der Waals surface area contributed by atoms with Gasteiger partial charge >= 0.3 is 0 Å². The smallest absolute Gasteiger partial charge is 0.179 e. The minimum Gasteiger partial charge on any atom is -0.493 e. The van der Waals surface area contributed by atoms with Crippen LogP contribution in [0, 0.1) is 0 Å². The third kappa shape index (κ3) is 4.40. The van der Waals surface area contributed by atoms with Gasteiger partial charge in [-0.3, -0.25) is 0 Å². The molecule has 0 radical (unpaired) electrons. The molecule has 6 heteroatoms. The quantitative estimate of drug-likeness (QED) is 0.823. The maximum atomic E-state index is 12.1. The molecule has 0 bridgehead atoms. The SMILES string of the molecule is COc1ccc(S(=O)(=O)CCNC(C)C)cc1OC. The summed E-state index contributed by atoms with van der Waals surface area (Å²) in [6.07, 6.45) is 0. The van der Waals surface area contributed by atoms with E-state index in [4.69, 9.17) is 9.47 Å². The zero-order valence-corrected chi connectivity index (χ0v) is 12.6. The summed E-state index contributed by atoms with van der Waals surface area (Å²) in [5, 5.41) is 3.09. The van der Waals surface area contributed by atoms with Crippen molar-refractivity contribution in [2.45, 2.75) is 24.8 Å². The summed E-state index contributed by atoms with van der Waals surface area (Å²) in [6, 6.07) is 4.89. The molecule has 0 amide bonds. The van der Waals surface area contributed by atoms with E-state index < -0.39 is 9.84 Å². The predicted octanol–water partition coefficient (Wildman–Crippen LogP) is 1.48. The maximum Gasteiger partial charge on any atom is 0.179 e. The summed E-state index contributed by atoms with van der Waals surface area (Å²) < 4.78 is 34.5. The first-order valence-corrected chi connectivity index (χ1v) is 7.74. The highest BCUT2D eigenvalue weighted by Crippen LogP contribution is 2.29. The molecule has 1 N–H and O–H groups in total. The maximum absolute atomic E-state index is 12.1. The van der Waals surface area contributed by atoms with Gasteiger partial charge in [-0.25, -0.2) is 8.42 Å². The van der Waals surface area contributed by atoms with Crippen LogP contribution in [0.15, 0.2) is 23.1 Å². The molecule has 0 heterocycles. The second kappa shape index (κ2) is 6.77. The van der Waals surface area contributed by atoms with Gasteiger partial charge in [0.1, 0.15) is 0 Å². The number of hydrogen-bond donors (Lipinski definition) is 1. The summed E-state index contributed by atoms with van der Waals surface area (Å²) >= 11 is 0. The Morgan fingerprint density at radius 2 is 1.79 bits per heavy atom. The van der Waals surface area contributed by atoms with Crippen molar-refractivity contribution in [2.75, 3.05) is 26.5 Å². The van der Waals surface area contributed by atoms with Crippen molar-refractivity contribution in [1.29, 1.82) is 0 Å². The van der Waals surface area contributed by atoms with Gasteiger partial charge < -0.3 is 14.8 Å². The van der Waals surface area contributed by atoms with Crippen LogP contribution in [0.25, 0.3) is 0 Å². The first-order chi connectivity index (χ1) is 8.90. The van der Waals surface area contributed by atoms with Crippen LogP contribution >= 0.6 is 0 Å². The molecule has 0 fully saturated rings. The molecule has 0 aliphatic carbocycles. The molecule has 0 aromatic heterocycles. The van der Waals surface area contributed by atoms with Crippen LogP contribution in [-0.4, -0.2) is 41.0 Å². The Balaban J connectivity index is 2.89. The number of nitrogens with one attached hydrogen (secondary N) is 1.